The van der Waals surface area contributed by atoms with Crippen LogP contribution in [-0.2, 0) is 10.0 Å². The number of non-ortho nitro benzene ring substituents is 1. The lowest BCUT2D eigenvalue weighted by Gasteiger charge is -2.11. The SMILES string of the molecule is CC(CCOc1ccc([N+](=O)[O-])cc1)CCS(N)(=O)=O. The fourth-order valence-corrected chi connectivity index (χ4v) is 2.28. The molecule has 0 aliphatic rings. The first-order valence-electron chi connectivity index (χ1n) is 6.15. The Morgan fingerprint density at radius 1 is 1.30 bits per heavy atom. The molecule has 0 fully saturated rings. The molecule has 1 rings (SSSR count). The van der Waals surface area contributed by atoms with Crippen LogP contribution >= 0.6 is 0 Å². The number of nitro benzene ring substituents is 1. The van der Waals surface area contributed by atoms with Crippen LogP contribution in [0.15, 0.2) is 24.3 Å². The van der Waals surface area contributed by atoms with Gasteiger partial charge in [0.05, 0.1) is 17.3 Å². The average Bonchev–Trinajstić information content (AvgIpc) is 2.36. The van der Waals surface area contributed by atoms with E-state index in [0.717, 1.165) is 0 Å². The smallest absolute Gasteiger partial charge is 0.269 e. The van der Waals surface area contributed by atoms with Crippen molar-refractivity contribution in [2.24, 2.45) is 11.1 Å². The molecular weight excluding hydrogens is 284 g/mol. The summed E-state index contributed by atoms with van der Waals surface area (Å²) in [7, 11) is -3.41. The topological polar surface area (TPSA) is 113 Å². The van der Waals surface area contributed by atoms with E-state index >= 15 is 0 Å². The second-order valence-electron chi connectivity index (χ2n) is 4.65. The molecule has 20 heavy (non-hydrogen) atoms. The molecule has 0 spiro atoms. The van der Waals surface area contributed by atoms with Gasteiger partial charge in [-0.15, -0.1) is 0 Å². The Morgan fingerprint density at radius 3 is 2.40 bits per heavy atom. The van der Waals surface area contributed by atoms with Gasteiger partial charge >= 0.3 is 0 Å². The Balaban J connectivity index is 2.31. The summed E-state index contributed by atoms with van der Waals surface area (Å²) in [5.74, 6) is 0.687. The third-order valence-corrected chi connectivity index (χ3v) is 3.63. The Kier molecular flexibility index (Phi) is 5.90. The molecule has 1 atom stereocenters. The van der Waals surface area contributed by atoms with E-state index in [2.05, 4.69) is 0 Å². The Labute approximate surface area is 117 Å². The van der Waals surface area contributed by atoms with Gasteiger partial charge in [-0.3, -0.25) is 10.1 Å². The molecule has 0 aliphatic heterocycles. The minimum absolute atomic E-state index is 0.0128. The summed E-state index contributed by atoms with van der Waals surface area (Å²) in [5.41, 5.74) is 0.0128. The first kappa shape index (κ1) is 16.4. The molecule has 1 aromatic carbocycles. The number of ether oxygens (including phenoxy) is 1. The summed E-state index contributed by atoms with van der Waals surface area (Å²) in [4.78, 5) is 10.0. The summed E-state index contributed by atoms with van der Waals surface area (Å²) < 4.78 is 27.1. The first-order valence-corrected chi connectivity index (χ1v) is 7.87. The van der Waals surface area contributed by atoms with Gasteiger partial charge in [-0.2, -0.15) is 0 Å². The lowest BCUT2D eigenvalue weighted by Crippen LogP contribution is -2.18. The van der Waals surface area contributed by atoms with Crippen molar-refractivity contribution < 1.29 is 18.1 Å². The highest BCUT2D eigenvalue weighted by atomic mass is 32.2. The fraction of sp³-hybridized carbons (Fsp3) is 0.500. The first-order chi connectivity index (χ1) is 9.28. The number of rotatable bonds is 8. The van der Waals surface area contributed by atoms with E-state index in [0.29, 0.717) is 25.2 Å². The monoisotopic (exact) mass is 302 g/mol. The van der Waals surface area contributed by atoms with Crippen molar-refractivity contribution in [2.45, 2.75) is 19.8 Å². The predicted molar refractivity (Wildman–Crippen MR) is 75.0 cm³/mol. The summed E-state index contributed by atoms with van der Waals surface area (Å²) in [5, 5.41) is 15.4. The quantitative estimate of drug-likeness (QED) is 0.580. The van der Waals surface area contributed by atoms with Crippen LogP contribution < -0.4 is 9.88 Å². The molecule has 2 N–H and O–H groups in total. The second-order valence-corrected chi connectivity index (χ2v) is 6.38. The number of hydrogen-bond donors (Lipinski definition) is 1. The van der Waals surface area contributed by atoms with E-state index in [4.69, 9.17) is 9.88 Å². The highest BCUT2D eigenvalue weighted by Crippen LogP contribution is 2.18. The van der Waals surface area contributed by atoms with E-state index in [-0.39, 0.29) is 17.4 Å². The Bertz CT molecular complexity index is 541. The molecule has 0 heterocycles. The number of primary sulfonamides is 1. The highest BCUT2D eigenvalue weighted by Gasteiger charge is 2.09. The third kappa shape index (κ3) is 6.48. The molecule has 0 saturated heterocycles. The van der Waals surface area contributed by atoms with Crippen LogP contribution in [0.1, 0.15) is 19.8 Å². The number of nitro groups is 1. The fourth-order valence-electron chi connectivity index (χ4n) is 1.55. The molecule has 0 aliphatic carbocycles. The maximum atomic E-state index is 10.8. The standard InChI is InChI=1S/C12H18N2O5S/c1-10(7-9-20(13,17)18)6-8-19-12-4-2-11(3-5-12)14(15)16/h2-5,10H,6-9H2,1H3,(H2,13,17,18). The lowest BCUT2D eigenvalue weighted by molar-refractivity contribution is -0.384. The van der Waals surface area contributed by atoms with Gasteiger partial charge in [0.15, 0.2) is 0 Å². The summed E-state index contributed by atoms with van der Waals surface area (Å²) >= 11 is 0. The van der Waals surface area contributed by atoms with Crippen molar-refractivity contribution >= 4 is 15.7 Å². The summed E-state index contributed by atoms with van der Waals surface area (Å²) in [6, 6.07) is 5.82. The molecule has 1 aromatic rings. The molecule has 0 radical (unpaired) electrons. The van der Waals surface area contributed by atoms with Crippen molar-refractivity contribution in [1.29, 1.82) is 0 Å². The molecular formula is C12H18N2O5S. The molecule has 0 amide bonds. The number of nitrogens with zero attached hydrogens (tertiary/aromatic N) is 1. The molecule has 0 bridgehead atoms. The number of benzene rings is 1. The maximum absolute atomic E-state index is 10.8. The molecule has 1 unspecified atom stereocenters. The Hall–Kier alpha value is -1.67. The second kappa shape index (κ2) is 7.20. The van der Waals surface area contributed by atoms with Crippen LogP contribution in [-0.4, -0.2) is 25.7 Å². The maximum Gasteiger partial charge on any atom is 0.269 e. The van der Waals surface area contributed by atoms with Gasteiger partial charge in [-0.1, -0.05) is 6.92 Å². The molecule has 112 valence electrons. The van der Waals surface area contributed by atoms with Crippen LogP contribution in [0, 0.1) is 16.0 Å². The Morgan fingerprint density at radius 2 is 1.90 bits per heavy atom. The average molecular weight is 302 g/mol. The van der Waals surface area contributed by atoms with Gasteiger partial charge in [-0.25, -0.2) is 13.6 Å². The van der Waals surface area contributed by atoms with Gasteiger partial charge in [-0.05, 0) is 30.9 Å². The minimum Gasteiger partial charge on any atom is -0.494 e. The van der Waals surface area contributed by atoms with Crippen LogP contribution in [0.2, 0.25) is 0 Å². The van der Waals surface area contributed by atoms with Gasteiger partial charge < -0.3 is 4.74 Å². The van der Waals surface area contributed by atoms with Crippen molar-refractivity contribution in [2.75, 3.05) is 12.4 Å². The molecule has 0 saturated carbocycles. The molecule has 7 nitrogen and oxygen atoms in total. The van der Waals surface area contributed by atoms with E-state index < -0.39 is 14.9 Å². The van der Waals surface area contributed by atoms with E-state index in [9.17, 15) is 18.5 Å². The van der Waals surface area contributed by atoms with Crippen molar-refractivity contribution in [1.82, 2.24) is 0 Å². The summed E-state index contributed by atoms with van der Waals surface area (Å²) in [6.07, 6.45) is 1.18. The molecule has 8 heteroatoms. The van der Waals surface area contributed by atoms with E-state index in [1.165, 1.54) is 24.3 Å². The largest absolute Gasteiger partial charge is 0.494 e. The number of sulfonamides is 1. The lowest BCUT2D eigenvalue weighted by atomic mass is 10.1. The van der Waals surface area contributed by atoms with Gasteiger partial charge in [0, 0.05) is 12.1 Å². The highest BCUT2D eigenvalue weighted by molar-refractivity contribution is 7.89. The van der Waals surface area contributed by atoms with E-state index in [1.54, 1.807) is 0 Å². The van der Waals surface area contributed by atoms with Crippen LogP contribution in [0.5, 0.6) is 5.75 Å². The summed E-state index contributed by atoms with van der Waals surface area (Å²) in [6.45, 7) is 2.34. The normalized spacial score (nSPS) is 12.9. The zero-order valence-electron chi connectivity index (χ0n) is 11.2. The van der Waals surface area contributed by atoms with E-state index in [1.807, 2.05) is 6.92 Å². The number of nitrogens with two attached hydrogens (primary N) is 1. The third-order valence-electron chi connectivity index (χ3n) is 2.82. The van der Waals surface area contributed by atoms with Gasteiger partial charge in [0.25, 0.3) is 5.69 Å². The van der Waals surface area contributed by atoms with Gasteiger partial charge in [0.1, 0.15) is 5.75 Å². The van der Waals surface area contributed by atoms with Gasteiger partial charge in [0.2, 0.25) is 10.0 Å². The predicted octanol–water partition coefficient (Wildman–Crippen LogP) is 1.68. The van der Waals surface area contributed by atoms with Crippen molar-refractivity contribution in [3.05, 3.63) is 34.4 Å². The van der Waals surface area contributed by atoms with Crippen LogP contribution in [0.25, 0.3) is 0 Å². The minimum atomic E-state index is -3.41. The number of hydrogen-bond acceptors (Lipinski definition) is 5. The van der Waals surface area contributed by atoms with Crippen molar-refractivity contribution in [3.63, 3.8) is 0 Å². The zero-order chi connectivity index (χ0) is 15.2. The van der Waals surface area contributed by atoms with Crippen LogP contribution in [0.4, 0.5) is 5.69 Å². The molecule has 0 aromatic heterocycles. The van der Waals surface area contributed by atoms with Crippen LogP contribution in [0.3, 0.4) is 0 Å². The zero-order valence-corrected chi connectivity index (χ0v) is 12.0. The van der Waals surface area contributed by atoms with Crippen molar-refractivity contribution in [3.8, 4) is 5.75 Å².